The topological polar surface area (TPSA) is 38.3 Å². The molecule has 1 fully saturated rings. The molecule has 0 bridgehead atoms. The van der Waals surface area contributed by atoms with Crippen LogP contribution in [-0.2, 0) is 10.2 Å². The molecule has 3 nitrogen and oxygen atoms in total. The fraction of sp³-hybridized carbons (Fsp3) is 0.278. The van der Waals surface area contributed by atoms with Crippen molar-refractivity contribution < 1.29 is 13.9 Å². The lowest BCUT2D eigenvalue weighted by Gasteiger charge is -2.16. The molecular formula is C18H18FNO2. The van der Waals surface area contributed by atoms with Crippen LogP contribution in [0.25, 0.3) is 0 Å². The van der Waals surface area contributed by atoms with Gasteiger partial charge in [0, 0.05) is 0 Å². The first-order valence-corrected chi connectivity index (χ1v) is 7.43. The molecule has 1 saturated carbocycles. The number of ether oxygens (including phenoxy) is 1. The summed E-state index contributed by atoms with van der Waals surface area (Å²) in [4.78, 5) is 12.4. The molecule has 0 aromatic heterocycles. The number of carbonyl (C=O) groups excluding carboxylic acids is 1. The first-order chi connectivity index (χ1) is 10.7. The fourth-order valence-corrected chi connectivity index (χ4v) is 2.59. The number of para-hydroxylation sites is 1. The second-order valence-corrected chi connectivity index (χ2v) is 5.48. The highest BCUT2D eigenvalue weighted by Gasteiger charge is 2.50. The van der Waals surface area contributed by atoms with Crippen molar-refractivity contribution in [2.45, 2.75) is 18.3 Å². The van der Waals surface area contributed by atoms with Gasteiger partial charge < -0.3 is 10.1 Å². The maximum Gasteiger partial charge on any atom is 0.230 e. The van der Waals surface area contributed by atoms with Crippen molar-refractivity contribution in [1.82, 2.24) is 5.32 Å². The van der Waals surface area contributed by atoms with Crippen LogP contribution in [0.2, 0.25) is 0 Å². The van der Waals surface area contributed by atoms with Crippen molar-refractivity contribution in [3.8, 4) is 5.75 Å². The van der Waals surface area contributed by atoms with Crippen LogP contribution < -0.4 is 10.1 Å². The number of hydrogen-bond donors (Lipinski definition) is 1. The van der Waals surface area contributed by atoms with Gasteiger partial charge >= 0.3 is 0 Å². The fourth-order valence-electron chi connectivity index (χ4n) is 2.59. The Morgan fingerprint density at radius 2 is 1.77 bits per heavy atom. The maximum atomic E-state index is 13.4. The molecule has 0 spiro atoms. The van der Waals surface area contributed by atoms with E-state index in [1.807, 2.05) is 30.3 Å². The molecule has 1 N–H and O–H groups in total. The predicted molar refractivity (Wildman–Crippen MR) is 82.3 cm³/mol. The third-order valence-corrected chi connectivity index (χ3v) is 3.99. The molecule has 3 rings (SSSR count). The van der Waals surface area contributed by atoms with Crippen molar-refractivity contribution in [2.75, 3.05) is 13.2 Å². The van der Waals surface area contributed by atoms with Crippen molar-refractivity contribution >= 4 is 5.91 Å². The van der Waals surface area contributed by atoms with Crippen LogP contribution in [0.3, 0.4) is 0 Å². The van der Waals surface area contributed by atoms with E-state index in [1.54, 1.807) is 18.2 Å². The third-order valence-electron chi connectivity index (χ3n) is 3.99. The molecule has 114 valence electrons. The lowest BCUT2D eigenvalue weighted by atomic mass is 9.95. The Hall–Kier alpha value is -2.36. The van der Waals surface area contributed by atoms with E-state index in [1.165, 1.54) is 6.07 Å². The second-order valence-electron chi connectivity index (χ2n) is 5.48. The summed E-state index contributed by atoms with van der Waals surface area (Å²) in [7, 11) is 0. The number of halogens is 1. The van der Waals surface area contributed by atoms with E-state index in [0.29, 0.717) is 6.54 Å². The summed E-state index contributed by atoms with van der Waals surface area (Å²) in [5.41, 5.74) is 0.682. The van der Waals surface area contributed by atoms with Crippen LogP contribution in [0.5, 0.6) is 5.75 Å². The summed E-state index contributed by atoms with van der Waals surface area (Å²) in [6.07, 6.45) is 1.74. The Balaban J connectivity index is 1.50. The Kier molecular flexibility index (Phi) is 4.09. The third kappa shape index (κ3) is 2.96. The predicted octanol–water partition coefficient (Wildman–Crippen LogP) is 3.05. The molecule has 0 saturated heterocycles. The van der Waals surface area contributed by atoms with Crippen molar-refractivity contribution in [2.24, 2.45) is 0 Å². The molecule has 1 aliphatic carbocycles. The zero-order valence-electron chi connectivity index (χ0n) is 12.2. The summed E-state index contributed by atoms with van der Waals surface area (Å²) in [6, 6.07) is 16.1. The van der Waals surface area contributed by atoms with Gasteiger partial charge in [0.15, 0.2) is 11.6 Å². The standard InChI is InChI=1S/C18H18FNO2/c19-15-8-4-5-9-16(15)22-13-12-20-17(21)18(10-11-18)14-6-2-1-3-7-14/h1-9H,10-13H2,(H,20,21). The number of carbonyl (C=O) groups is 1. The van der Waals surface area contributed by atoms with E-state index in [4.69, 9.17) is 4.74 Å². The van der Waals surface area contributed by atoms with E-state index in [2.05, 4.69) is 5.32 Å². The van der Waals surface area contributed by atoms with Gasteiger partial charge in [-0.05, 0) is 30.5 Å². The van der Waals surface area contributed by atoms with Gasteiger partial charge in [-0.15, -0.1) is 0 Å². The zero-order chi connectivity index (χ0) is 15.4. The number of amides is 1. The SMILES string of the molecule is O=C(NCCOc1ccccc1F)C1(c2ccccc2)CC1. The monoisotopic (exact) mass is 299 g/mol. The van der Waals surface area contributed by atoms with E-state index >= 15 is 0 Å². The van der Waals surface area contributed by atoms with E-state index in [9.17, 15) is 9.18 Å². The average Bonchev–Trinajstić information content (AvgIpc) is 3.36. The van der Waals surface area contributed by atoms with Crippen LogP contribution >= 0.6 is 0 Å². The van der Waals surface area contributed by atoms with Gasteiger partial charge in [-0.1, -0.05) is 42.5 Å². The first kappa shape index (κ1) is 14.6. The molecule has 2 aromatic carbocycles. The number of benzene rings is 2. The largest absolute Gasteiger partial charge is 0.489 e. The van der Waals surface area contributed by atoms with Crippen LogP contribution in [0.4, 0.5) is 4.39 Å². The molecule has 0 heterocycles. The quantitative estimate of drug-likeness (QED) is 0.833. The summed E-state index contributed by atoms with van der Waals surface area (Å²) >= 11 is 0. The summed E-state index contributed by atoms with van der Waals surface area (Å²) < 4.78 is 18.7. The second kappa shape index (κ2) is 6.18. The Labute approximate surface area is 129 Å². The molecule has 4 heteroatoms. The Bertz CT molecular complexity index is 653. The minimum atomic E-state index is -0.392. The molecule has 1 amide bonds. The number of rotatable bonds is 6. The van der Waals surface area contributed by atoms with Crippen LogP contribution in [0.1, 0.15) is 18.4 Å². The van der Waals surface area contributed by atoms with Crippen molar-refractivity contribution in [3.63, 3.8) is 0 Å². The molecule has 1 aliphatic rings. The highest BCUT2D eigenvalue weighted by molar-refractivity contribution is 5.91. The average molecular weight is 299 g/mol. The van der Waals surface area contributed by atoms with Crippen molar-refractivity contribution in [1.29, 1.82) is 0 Å². The minimum absolute atomic E-state index is 0.0239. The normalized spacial score (nSPS) is 15.1. The first-order valence-electron chi connectivity index (χ1n) is 7.43. The zero-order valence-corrected chi connectivity index (χ0v) is 12.2. The van der Waals surface area contributed by atoms with Crippen LogP contribution in [0, 0.1) is 5.82 Å². The Morgan fingerprint density at radius 3 is 2.45 bits per heavy atom. The molecule has 0 radical (unpaired) electrons. The highest BCUT2D eigenvalue weighted by Crippen LogP contribution is 2.48. The van der Waals surface area contributed by atoms with E-state index in [-0.39, 0.29) is 23.7 Å². The molecule has 2 aromatic rings. The molecule has 0 aliphatic heterocycles. The number of hydrogen-bond acceptors (Lipinski definition) is 2. The van der Waals surface area contributed by atoms with E-state index in [0.717, 1.165) is 18.4 Å². The molecule has 22 heavy (non-hydrogen) atoms. The van der Waals surface area contributed by atoms with Crippen LogP contribution in [-0.4, -0.2) is 19.1 Å². The van der Waals surface area contributed by atoms with Crippen LogP contribution in [0.15, 0.2) is 54.6 Å². The van der Waals surface area contributed by atoms with Gasteiger partial charge in [0.1, 0.15) is 6.61 Å². The lowest BCUT2D eigenvalue weighted by Crippen LogP contribution is -2.37. The van der Waals surface area contributed by atoms with Gasteiger partial charge in [-0.2, -0.15) is 0 Å². The summed E-state index contributed by atoms with van der Waals surface area (Å²) in [6.45, 7) is 0.610. The summed E-state index contributed by atoms with van der Waals surface area (Å²) in [5, 5.41) is 2.89. The smallest absolute Gasteiger partial charge is 0.230 e. The molecule has 0 unspecified atom stereocenters. The van der Waals surface area contributed by atoms with Gasteiger partial charge in [0.05, 0.1) is 12.0 Å². The van der Waals surface area contributed by atoms with E-state index < -0.39 is 5.82 Å². The minimum Gasteiger partial charge on any atom is -0.489 e. The van der Waals surface area contributed by atoms with Gasteiger partial charge in [-0.25, -0.2) is 4.39 Å². The highest BCUT2D eigenvalue weighted by atomic mass is 19.1. The maximum absolute atomic E-state index is 13.4. The Morgan fingerprint density at radius 1 is 1.09 bits per heavy atom. The van der Waals surface area contributed by atoms with Gasteiger partial charge in [-0.3, -0.25) is 4.79 Å². The lowest BCUT2D eigenvalue weighted by molar-refractivity contribution is -0.123. The molecule has 0 atom stereocenters. The number of nitrogens with one attached hydrogen (secondary N) is 1. The van der Waals surface area contributed by atoms with Gasteiger partial charge in [0.2, 0.25) is 5.91 Å². The van der Waals surface area contributed by atoms with Gasteiger partial charge in [0.25, 0.3) is 0 Å². The molecular weight excluding hydrogens is 281 g/mol. The van der Waals surface area contributed by atoms with Crippen molar-refractivity contribution in [3.05, 3.63) is 66.0 Å². The summed E-state index contributed by atoms with van der Waals surface area (Å²) in [5.74, 6) is -0.159.